The van der Waals surface area contributed by atoms with Gasteiger partial charge in [0.15, 0.2) is 0 Å². The van der Waals surface area contributed by atoms with Gasteiger partial charge in [0, 0.05) is 18.7 Å². The quantitative estimate of drug-likeness (QED) is 0.493. The summed E-state index contributed by atoms with van der Waals surface area (Å²) >= 11 is 0. The van der Waals surface area contributed by atoms with Crippen molar-refractivity contribution < 1.29 is 18.4 Å². The monoisotopic (exact) mass is 411 g/mol. The van der Waals surface area contributed by atoms with Crippen LogP contribution in [0.25, 0.3) is 11.4 Å². The molecule has 6 nitrogen and oxygen atoms in total. The third kappa shape index (κ3) is 5.64. The van der Waals surface area contributed by atoms with Crippen molar-refractivity contribution in [2.45, 2.75) is 18.8 Å². The minimum absolute atomic E-state index is 0.190. The summed E-state index contributed by atoms with van der Waals surface area (Å²) in [6, 6.07) is 16.0. The molecule has 4 rings (SSSR count). The van der Waals surface area contributed by atoms with E-state index in [0.29, 0.717) is 37.1 Å². The largest absolute Gasteiger partial charge is 0.491 e. The van der Waals surface area contributed by atoms with E-state index in [1.54, 1.807) is 12.1 Å². The molecule has 0 spiro atoms. The van der Waals surface area contributed by atoms with Gasteiger partial charge < -0.3 is 18.9 Å². The van der Waals surface area contributed by atoms with Crippen molar-refractivity contribution in [2.24, 2.45) is 0 Å². The molecule has 3 aromatic rings. The fraction of sp³-hybridized carbons (Fsp3) is 0.391. The number of halogens is 1. The lowest BCUT2D eigenvalue weighted by Crippen LogP contribution is -2.37. The van der Waals surface area contributed by atoms with Crippen molar-refractivity contribution in [1.29, 1.82) is 0 Å². The van der Waals surface area contributed by atoms with Gasteiger partial charge in [0.05, 0.1) is 19.1 Å². The maximum atomic E-state index is 13.4. The van der Waals surface area contributed by atoms with Gasteiger partial charge in [0.1, 0.15) is 18.2 Å². The second kappa shape index (κ2) is 10.3. The molecule has 30 heavy (non-hydrogen) atoms. The number of nitrogens with zero attached hydrogens (tertiary/aromatic N) is 3. The third-order valence-corrected chi connectivity index (χ3v) is 5.17. The zero-order chi connectivity index (χ0) is 20.6. The Kier molecular flexibility index (Phi) is 7.05. The van der Waals surface area contributed by atoms with Gasteiger partial charge in [-0.05, 0) is 43.7 Å². The zero-order valence-electron chi connectivity index (χ0n) is 16.9. The first-order valence-electron chi connectivity index (χ1n) is 10.4. The van der Waals surface area contributed by atoms with E-state index < -0.39 is 0 Å². The number of piperidine rings is 1. The molecule has 0 radical (unpaired) electrons. The fourth-order valence-corrected chi connectivity index (χ4v) is 3.64. The number of hydrogen-bond donors (Lipinski definition) is 0. The molecule has 0 bridgehead atoms. The molecule has 0 N–H and O–H groups in total. The Bertz CT molecular complexity index is 919. The third-order valence-electron chi connectivity index (χ3n) is 5.17. The Balaban J connectivity index is 1.20. The number of para-hydroxylation sites is 1. The Labute approximate surface area is 175 Å². The second-order valence-corrected chi connectivity index (χ2v) is 7.38. The Hall–Kier alpha value is -2.77. The van der Waals surface area contributed by atoms with Gasteiger partial charge in [0.25, 0.3) is 0 Å². The molecule has 0 amide bonds. The molecule has 158 valence electrons. The number of rotatable bonds is 9. The molecule has 1 aliphatic heterocycles. The number of likely N-dealkylation sites (tertiary alicyclic amines) is 1. The van der Waals surface area contributed by atoms with Crippen LogP contribution in [0.3, 0.4) is 0 Å². The highest BCUT2D eigenvalue weighted by molar-refractivity contribution is 5.53. The molecule has 1 saturated heterocycles. The number of ether oxygens (including phenoxy) is 2. The van der Waals surface area contributed by atoms with E-state index >= 15 is 0 Å². The van der Waals surface area contributed by atoms with E-state index in [2.05, 4.69) is 15.0 Å². The topological polar surface area (TPSA) is 60.6 Å². The Morgan fingerprint density at radius 1 is 1.07 bits per heavy atom. The van der Waals surface area contributed by atoms with Crippen LogP contribution in [-0.4, -0.2) is 54.5 Å². The SMILES string of the molecule is Fc1cccc(-c2noc(C3CCCN(CCOCCOc4ccccc4)C3)n2)c1. The van der Waals surface area contributed by atoms with E-state index in [4.69, 9.17) is 14.0 Å². The van der Waals surface area contributed by atoms with Gasteiger partial charge in [-0.15, -0.1) is 0 Å². The number of hydrogen-bond acceptors (Lipinski definition) is 6. The maximum absolute atomic E-state index is 13.4. The van der Waals surface area contributed by atoms with Crippen molar-refractivity contribution in [3.8, 4) is 17.1 Å². The molecule has 1 fully saturated rings. The van der Waals surface area contributed by atoms with Crippen LogP contribution in [0.15, 0.2) is 59.1 Å². The molecule has 1 unspecified atom stereocenters. The summed E-state index contributed by atoms with van der Waals surface area (Å²) in [5, 5.41) is 4.04. The van der Waals surface area contributed by atoms with Gasteiger partial charge in [-0.25, -0.2) is 4.39 Å². The maximum Gasteiger partial charge on any atom is 0.231 e. The number of benzene rings is 2. The molecule has 1 atom stereocenters. The highest BCUT2D eigenvalue weighted by atomic mass is 19.1. The minimum atomic E-state index is -0.308. The molecule has 1 aromatic heterocycles. The summed E-state index contributed by atoms with van der Waals surface area (Å²) in [6.07, 6.45) is 2.08. The predicted octanol–water partition coefficient (Wildman–Crippen LogP) is 4.15. The average Bonchev–Trinajstić information content (AvgIpc) is 3.28. The summed E-state index contributed by atoms with van der Waals surface area (Å²) in [5.41, 5.74) is 0.629. The van der Waals surface area contributed by atoms with Crippen molar-refractivity contribution in [3.05, 3.63) is 66.3 Å². The first-order chi connectivity index (χ1) is 14.8. The van der Waals surface area contributed by atoms with Crippen LogP contribution in [0.1, 0.15) is 24.7 Å². The van der Waals surface area contributed by atoms with Gasteiger partial charge in [0.2, 0.25) is 11.7 Å². The van der Waals surface area contributed by atoms with Crippen molar-refractivity contribution in [3.63, 3.8) is 0 Å². The van der Waals surface area contributed by atoms with Crippen LogP contribution in [0.5, 0.6) is 5.75 Å². The summed E-state index contributed by atoms with van der Waals surface area (Å²) in [7, 11) is 0. The average molecular weight is 411 g/mol. The normalized spacial score (nSPS) is 17.2. The van der Waals surface area contributed by atoms with Crippen molar-refractivity contribution in [2.75, 3.05) is 39.5 Å². The highest BCUT2D eigenvalue weighted by Gasteiger charge is 2.26. The Morgan fingerprint density at radius 3 is 2.83 bits per heavy atom. The van der Waals surface area contributed by atoms with E-state index in [0.717, 1.165) is 38.2 Å². The van der Waals surface area contributed by atoms with Gasteiger partial charge in [-0.1, -0.05) is 35.5 Å². The van der Waals surface area contributed by atoms with Crippen LogP contribution >= 0.6 is 0 Å². The first kappa shape index (κ1) is 20.5. The molecule has 0 aliphatic carbocycles. The first-order valence-corrected chi connectivity index (χ1v) is 10.4. The summed E-state index contributed by atoms with van der Waals surface area (Å²) < 4.78 is 30.3. The molecule has 2 heterocycles. The van der Waals surface area contributed by atoms with Crippen LogP contribution < -0.4 is 4.74 Å². The smallest absolute Gasteiger partial charge is 0.231 e. The molecular formula is C23H26FN3O3. The Morgan fingerprint density at radius 2 is 1.97 bits per heavy atom. The summed E-state index contributed by atoms with van der Waals surface area (Å²) in [6.45, 7) is 4.50. The fourth-order valence-electron chi connectivity index (χ4n) is 3.64. The number of aromatic nitrogens is 2. The van der Waals surface area contributed by atoms with Crippen LogP contribution in [0.4, 0.5) is 4.39 Å². The van der Waals surface area contributed by atoms with E-state index in [-0.39, 0.29) is 11.7 Å². The molecule has 1 aliphatic rings. The lowest BCUT2D eigenvalue weighted by Gasteiger charge is -2.30. The van der Waals surface area contributed by atoms with Crippen LogP contribution in [0, 0.1) is 5.82 Å². The van der Waals surface area contributed by atoms with E-state index in [9.17, 15) is 4.39 Å². The molecule has 0 saturated carbocycles. The minimum Gasteiger partial charge on any atom is -0.491 e. The van der Waals surface area contributed by atoms with Crippen LogP contribution in [-0.2, 0) is 4.74 Å². The predicted molar refractivity (Wildman–Crippen MR) is 111 cm³/mol. The summed E-state index contributed by atoms with van der Waals surface area (Å²) in [5.74, 6) is 1.79. The van der Waals surface area contributed by atoms with Gasteiger partial charge in [-0.2, -0.15) is 4.98 Å². The second-order valence-electron chi connectivity index (χ2n) is 7.38. The molecule has 2 aromatic carbocycles. The van der Waals surface area contributed by atoms with Crippen molar-refractivity contribution in [1.82, 2.24) is 15.0 Å². The van der Waals surface area contributed by atoms with Crippen molar-refractivity contribution >= 4 is 0 Å². The lowest BCUT2D eigenvalue weighted by atomic mass is 9.98. The van der Waals surface area contributed by atoms with Crippen LogP contribution in [0.2, 0.25) is 0 Å². The zero-order valence-corrected chi connectivity index (χ0v) is 16.9. The lowest BCUT2D eigenvalue weighted by molar-refractivity contribution is 0.0707. The summed E-state index contributed by atoms with van der Waals surface area (Å²) in [4.78, 5) is 6.87. The van der Waals surface area contributed by atoms with Gasteiger partial charge >= 0.3 is 0 Å². The highest BCUT2D eigenvalue weighted by Crippen LogP contribution is 2.27. The molecular weight excluding hydrogens is 385 g/mol. The van der Waals surface area contributed by atoms with Gasteiger partial charge in [-0.3, -0.25) is 0 Å². The van der Waals surface area contributed by atoms with E-state index in [1.165, 1.54) is 12.1 Å². The van der Waals surface area contributed by atoms with E-state index in [1.807, 2.05) is 30.3 Å². The standard InChI is InChI=1S/C23H26FN3O3/c24-20-8-4-6-18(16-20)22-25-23(30-26-22)19-7-5-11-27(17-19)12-13-28-14-15-29-21-9-2-1-3-10-21/h1-4,6,8-10,16,19H,5,7,11-15,17H2. The molecule has 7 heteroatoms.